The van der Waals surface area contributed by atoms with Crippen molar-refractivity contribution in [1.29, 1.82) is 0 Å². The molecular weight excluding hydrogens is 407 g/mol. The lowest BCUT2D eigenvalue weighted by molar-refractivity contribution is -0.147. The van der Waals surface area contributed by atoms with Gasteiger partial charge in [0.25, 0.3) is 0 Å². The highest BCUT2D eigenvalue weighted by Crippen LogP contribution is 2.35. The third-order valence-corrected chi connectivity index (χ3v) is 5.25. The lowest BCUT2D eigenvalue weighted by atomic mass is 10.1. The first kappa shape index (κ1) is 29.3. The molecule has 7 nitrogen and oxygen atoms in total. The van der Waals surface area contributed by atoms with Gasteiger partial charge in [-0.15, -0.1) is 0 Å². The zero-order valence-corrected chi connectivity index (χ0v) is 19.6. The molecule has 0 aromatic rings. The van der Waals surface area contributed by atoms with E-state index in [0.29, 0.717) is 0 Å². The lowest BCUT2D eigenvalue weighted by Crippen LogP contribution is -2.23. The Kier molecular flexibility index (Phi) is 19.7. The number of rotatable bonds is 21. The van der Waals surface area contributed by atoms with Crippen LogP contribution in [0.2, 0.25) is 0 Å². The molecule has 0 heterocycles. The molecule has 0 saturated carbocycles. The highest BCUT2D eigenvalue weighted by Gasteiger charge is 2.17. The number of carbonyl (C=O) groups excluding carboxylic acids is 1. The van der Waals surface area contributed by atoms with Gasteiger partial charge in [0.2, 0.25) is 0 Å². The van der Waals surface area contributed by atoms with E-state index in [1.54, 1.807) is 0 Å². The van der Waals surface area contributed by atoms with E-state index >= 15 is 0 Å². The summed E-state index contributed by atoms with van der Waals surface area (Å²) < 4.78 is 19.5. The van der Waals surface area contributed by atoms with Crippen molar-refractivity contribution in [3.8, 4) is 0 Å². The van der Waals surface area contributed by atoms with Crippen molar-refractivity contribution >= 4 is 13.8 Å². The predicted molar refractivity (Wildman–Crippen MR) is 119 cm³/mol. The van der Waals surface area contributed by atoms with Crippen molar-refractivity contribution in [2.45, 2.75) is 109 Å². The minimum atomic E-state index is -4.62. The minimum absolute atomic E-state index is 0.282. The van der Waals surface area contributed by atoms with Crippen LogP contribution in [-0.4, -0.2) is 40.2 Å². The van der Waals surface area contributed by atoms with Crippen molar-refractivity contribution in [1.82, 2.24) is 0 Å². The molecule has 0 aromatic carbocycles. The number of ether oxygens (including phenoxy) is 1. The summed E-state index contributed by atoms with van der Waals surface area (Å²) in [6.45, 7) is 1.34. The monoisotopic (exact) mass is 450 g/mol. The van der Waals surface area contributed by atoms with Crippen molar-refractivity contribution in [3.05, 3.63) is 12.2 Å². The normalized spacial score (nSPS) is 13.1. The summed E-state index contributed by atoms with van der Waals surface area (Å²) in [7, 11) is -4.62. The summed E-state index contributed by atoms with van der Waals surface area (Å²) in [5.74, 6) is -0.418. The summed E-state index contributed by atoms with van der Waals surface area (Å²) in [6, 6.07) is 0. The molecule has 0 aliphatic rings. The third-order valence-electron chi connectivity index (χ3n) is 4.76. The Bertz CT molecular complexity index is 476. The molecule has 0 aliphatic carbocycles. The molecular formula is C22H43O7P. The van der Waals surface area contributed by atoms with Gasteiger partial charge in [-0.2, -0.15) is 0 Å². The largest absolute Gasteiger partial charge is 0.469 e. The van der Waals surface area contributed by atoms with E-state index in [-0.39, 0.29) is 13.0 Å². The van der Waals surface area contributed by atoms with Crippen LogP contribution in [0.4, 0.5) is 0 Å². The Balaban J connectivity index is 3.36. The highest BCUT2D eigenvalue weighted by molar-refractivity contribution is 7.46. The molecule has 0 spiro atoms. The fourth-order valence-corrected chi connectivity index (χ4v) is 3.38. The SMILES string of the molecule is CCCCCCCCC/C=C\CCCCCCCC(=O)OCC(O)COP(=O)(O)O. The average Bonchev–Trinajstić information content (AvgIpc) is 2.69. The molecule has 8 heteroatoms. The van der Waals surface area contributed by atoms with E-state index < -0.39 is 26.5 Å². The molecule has 178 valence electrons. The molecule has 1 unspecified atom stereocenters. The van der Waals surface area contributed by atoms with E-state index in [1.165, 1.54) is 57.8 Å². The van der Waals surface area contributed by atoms with E-state index in [2.05, 4.69) is 23.6 Å². The second-order valence-corrected chi connectivity index (χ2v) is 9.05. The number of carbonyl (C=O) groups is 1. The highest BCUT2D eigenvalue weighted by atomic mass is 31.2. The predicted octanol–water partition coefficient (Wildman–Crippen LogP) is 5.43. The Morgan fingerprint density at radius 3 is 1.87 bits per heavy atom. The Morgan fingerprint density at radius 1 is 0.833 bits per heavy atom. The van der Waals surface area contributed by atoms with Gasteiger partial charge < -0.3 is 19.6 Å². The second-order valence-electron chi connectivity index (χ2n) is 7.81. The second kappa shape index (κ2) is 20.2. The molecule has 0 radical (unpaired) electrons. The molecule has 30 heavy (non-hydrogen) atoms. The van der Waals surface area contributed by atoms with Crippen LogP contribution >= 0.6 is 7.82 Å². The fourth-order valence-electron chi connectivity index (χ4n) is 3.01. The number of aliphatic hydroxyl groups is 1. The first-order valence-electron chi connectivity index (χ1n) is 11.5. The average molecular weight is 451 g/mol. The van der Waals surface area contributed by atoms with Gasteiger partial charge in [-0.3, -0.25) is 9.32 Å². The number of aliphatic hydroxyl groups excluding tert-OH is 1. The van der Waals surface area contributed by atoms with Crippen LogP contribution in [0.1, 0.15) is 103 Å². The van der Waals surface area contributed by atoms with Gasteiger partial charge in [-0.05, 0) is 32.1 Å². The molecule has 0 bridgehead atoms. The number of phosphoric ester groups is 1. The van der Waals surface area contributed by atoms with Gasteiger partial charge in [0.1, 0.15) is 12.7 Å². The van der Waals surface area contributed by atoms with Crippen LogP contribution in [0, 0.1) is 0 Å². The van der Waals surface area contributed by atoms with Crippen molar-refractivity contribution in [2.75, 3.05) is 13.2 Å². The Labute approximate surface area is 182 Å². The van der Waals surface area contributed by atoms with E-state index in [1.807, 2.05) is 0 Å². The summed E-state index contributed by atoms with van der Waals surface area (Å²) in [5, 5.41) is 9.42. The molecule has 3 N–H and O–H groups in total. The van der Waals surface area contributed by atoms with Crippen molar-refractivity contribution in [2.24, 2.45) is 0 Å². The van der Waals surface area contributed by atoms with Gasteiger partial charge in [0.15, 0.2) is 0 Å². The Hall–Kier alpha value is -0.720. The summed E-state index contributed by atoms with van der Waals surface area (Å²) in [4.78, 5) is 28.6. The zero-order chi connectivity index (χ0) is 22.5. The minimum Gasteiger partial charge on any atom is -0.463 e. The first-order chi connectivity index (χ1) is 14.3. The van der Waals surface area contributed by atoms with Crippen LogP contribution in [-0.2, 0) is 18.6 Å². The third kappa shape index (κ3) is 23.6. The van der Waals surface area contributed by atoms with Crippen LogP contribution in [0.5, 0.6) is 0 Å². The first-order valence-corrected chi connectivity index (χ1v) is 13.1. The number of unbranched alkanes of at least 4 members (excludes halogenated alkanes) is 12. The topological polar surface area (TPSA) is 113 Å². The maximum Gasteiger partial charge on any atom is 0.469 e. The number of hydrogen-bond acceptors (Lipinski definition) is 5. The number of hydrogen-bond donors (Lipinski definition) is 3. The van der Waals surface area contributed by atoms with Crippen LogP contribution < -0.4 is 0 Å². The maximum absolute atomic E-state index is 11.6. The molecule has 0 rings (SSSR count). The smallest absolute Gasteiger partial charge is 0.463 e. The standard InChI is InChI=1S/C22H43O7P/c1-2-3-4-5-6-7-8-9-10-11-12-13-14-15-16-17-18-22(24)28-19-21(23)20-29-30(25,26)27/h10-11,21,23H,2-9,12-20H2,1H3,(H2,25,26,27)/b11-10-. The van der Waals surface area contributed by atoms with Gasteiger partial charge >= 0.3 is 13.8 Å². The van der Waals surface area contributed by atoms with E-state index in [0.717, 1.165) is 32.1 Å². The molecule has 0 aliphatic heterocycles. The fraction of sp³-hybridized carbons (Fsp3) is 0.864. The summed E-state index contributed by atoms with van der Waals surface area (Å²) >= 11 is 0. The quantitative estimate of drug-likeness (QED) is 0.0925. The molecule has 0 saturated heterocycles. The van der Waals surface area contributed by atoms with Gasteiger partial charge in [-0.25, -0.2) is 4.57 Å². The van der Waals surface area contributed by atoms with Gasteiger partial charge in [-0.1, -0.05) is 76.9 Å². The van der Waals surface area contributed by atoms with Gasteiger partial charge in [0.05, 0.1) is 6.61 Å². The summed E-state index contributed by atoms with van der Waals surface area (Å²) in [5.41, 5.74) is 0. The number of phosphoric acid groups is 1. The van der Waals surface area contributed by atoms with E-state index in [4.69, 9.17) is 14.5 Å². The van der Waals surface area contributed by atoms with Crippen LogP contribution in [0.15, 0.2) is 12.2 Å². The van der Waals surface area contributed by atoms with Crippen molar-refractivity contribution < 1.29 is 33.5 Å². The van der Waals surface area contributed by atoms with Crippen LogP contribution in [0.25, 0.3) is 0 Å². The lowest BCUT2D eigenvalue weighted by Gasteiger charge is -2.12. The molecule has 1 atom stereocenters. The molecule has 0 aromatic heterocycles. The van der Waals surface area contributed by atoms with Crippen molar-refractivity contribution in [3.63, 3.8) is 0 Å². The number of allylic oxidation sites excluding steroid dienone is 2. The van der Waals surface area contributed by atoms with E-state index in [9.17, 15) is 14.5 Å². The molecule has 0 fully saturated rings. The summed E-state index contributed by atoms with van der Waals surface area (Å²) in [6.07, 6.45) is 20.5. The maximum atomic E-state index is 11.6. The van der Waals surface area contributed by atoms with Crippen LogP contribution in [0.3, 0.4) is 0 Å². The molecule has 0 amide bonds. The number of esters is 1. The Morgan fingerprint density at radius 2 is 1.33 bits per heavy atom. The zero-order valence-electron chi connectivity index (χ0n) is 18.7. The van der Waals surface area contributed by atoms with Gasteiger partial charge in [0, 0.05) is 6.42 Å².